The Bertz CT molecular complexity index is 762. The van der Waals surface area contributed by atoms with E-state index >= 15 is 0 Å². The predicted molar refractivity (Wildman–Crippen MR) is 87.9 cm³/mol. The minimum absolute atomic E-state index is 0.00106. The van der Waals surface area contributed by atoms with Gasteiger partial charge in [0.1, 0.15) is 5.69 Å². The van der Waals surface area contributed by atoms with Crippen molar-refractivity contribution in [2.24, 2.45) is 0 Å². The highest BCUT2D eigenvalue weighted by Gasteiger charge is 2.33. The van der Waals surface area contributed by atoms with Gasteiger partial charge in [-0.1, -0.05) is 36.7 Å². The molecule has 2 aliphatic rings. The normalized spacial score (nSPS) is 21.4. The summed E-state index contributed by atoms with van der Waals surface area (Å²) in [6.45, 7) is 3.72. The van der Waals surface area contributed by atoms with Crippen LogP contribution in [0.3, 0.4) is 0 Å². The molecule has 2 aromatic rings. The average molecular weight is 319 g/mol. The van der Waals surface area contributed by atoms with Crippen molar-refractivity contribution >= 4 is 40.2 Å². The fraction of sp³-hybridized carbons (Fsp3) is 0.312. The van der Waals surface area contributed by atoms with Crippen molar-refractivity contribution in [3.05, 3.63) is 45.5 Å². The van der Waals surface area contributed by atoms with Crippen molar-refractivity contribution in [3.63, 3.8) is 0 Å². The Kier molecular flexibility index (Phi) is 3.05. The summed E-state index contributed by atoms with van der Waals surface area (Å²) in [6.07, 6.45) is 1.10. The topological polar surface area (TPSA) is 36.1 Å². The number of H-pyrrole nitrogens is 1. The number of rotatable bonds is 1. The highest BCUT2D eigenvalue weighted by molar-refractivity contribution is 8.04. The van der Waals surface area contributed by atoms with Crippen molar-refractivity contribution in [2.75, 3.05) is 13.1 Å². The first-order chi connectivity index (χ1) is 10.1. The lowest BCUT2D eigenvalue weighted by Gasteiger charge is -2.18. The number of halogens is 1. The van der Waals surface area contributed by atoms with Crippen LogP contribution in [0, 0.1) is 0 Å². The monoisotopic (exact) mass is 318 g/mol. The zero-order chi connectivity index (χ0) is 14.6. The SMILES string of the molecule is CC1CC2=C(CN(C(=O)c3[nH]c4ccccc4c3Cl)C2)S1. The lowest BCUT2D eigenvalue weighted by Crippen LogP contribution is -2.30. The smallest absolute Gasteiger partial charge is 0.272 e. The summed E-state index contributed by atoms with van der Waals surface area (Å²) in [5.74, 6) is -0.00106. The number of nitrogens with zero attached hydrogens (tertiary/aromatic N) is 1. The molecule has 0 aliphatic carbocycles. The third kappa shape index (κ3) is 2.09. The van der Waals surface area contributed by atoms with Gasteiger partial charge in [-0.2, -0.15) is 0 Å². The minimum atomic E-state index is -0.00106. The number of nitrogens with one attached hydrogen (secondary N) is 1. The van der Waals surface area contributed by atoms with E-state index in [9.17, 15) is 4.79 Å². The number of thioether (sulfide) groups is 1. The predicted octanol–water partition coefficient (Wildman–Crippen LogP) is 4.06. The van der Waals surface area contributed by atoms with Crippen LogP contribution >= 0.6 is 23.4 Å². The van der Waals surface area contributed by atoms with E-state index < -0.39 is 0 Å². The van der Waals surface area contributed by atoms with Gasteiger partial charge >= 0.3 is 0 Å². The van der Waals surface area contributed by atoms with Gasteiger partial charge in [0, 0.05) is 27.6 Å². The van der Waals surface area contributed by atoms with Crippen molar-refractivity contribution < 1.29 is 4.79 Å². The first-order valence-electron chi connectivity index (χ1n) is 7.06. The molecule has 1 N–H and O–H groups in total. The van der Waals surface area contributed by atoms with Crippen molar-refractivity contribution in [3.8, 4) is 0 Å². The Morgan fingerprint density at radius 1 is 1.38 bits per heavy atom. The van der Waals surface area contributed by atoms with Gasteiger partial charge < -0.3 is 9.88 Å². The van der Waals surface area contributed by atoms with Gasteiger partial charge in [-0.25, -0.2) is 0 Å². The molecule has 1 amide bonds. The van der Waals surface area contributed by atoms with E-state index in [0.29, 0.717) is 16.0 Å². The summed E-state index contributed by atoms with van der Waals surface area (Å²) in [7, 11) is 0. The van der Waals surface area contributed by atoms with Crippen LogP contribution in [0.2, 0.25) is 5.02 Å². The molecule has 5 heteroatoms. The number of carbonyl (C=O) groups excluding carboxylic acids is 1. The maximum atomic E-state index is 12.7. The standard InChI is InChI=1S/C16H15ClN2OS/c1-9-6-10-7-19(8-13(10)21-9)16(20)15-14(17)11-4-2-3-5-12(11)18-15/h2-5,9,18H,6-8H2,1H3. The maximum absolute atomic E-state index is 12.7. The molecule has 0 spiro atoms. The Morgan fingerprint density at radius 2 is 2.19 bits per heavy atom. The van der Waals surface area contributed by atoms with Crippen molar-refractivity contribution in [1.29, 1.82) is 0 Å². The molecule has 3 nitrogen and oxygen atoms in total. The van der Waals surface area contributed by atoms with Crippen LogP contribution in [-0.4, -0.2) is 34.1 Å². The molecule has 0 fully saturated rings. The van der Waals surface area contributed by atoms with Crippen LogP contribution < -0.4 is 0 Å². The second kappa shape index (κ2) is 4.82. The first-order valence-corrected chi connectivity index (χ1v) is 8.32. The Labute approximate surface area is 132 Å². The highest BCUT2D eigenvalue weighted by atomic mass is 35.5. The molecule has 0 bridgehead atoms. The molecule has 0 radical (unpaired) electrons. The molecule has 1 aromatic carbocycles. The number of aromatic amines is 1. The summed E-state index contributed by atoms with van der Waals surface area (Å²) < 4.78 is 0. The van der Waals surface area contributed by atoms with Gasteiger partial charge in [-0.15, -0.1) is 11.8 Å². The Balaban J connectivity index is 1.62. The number of aromatic nitrogens is 1. The quantitative estimate of drug-likeness (QED) is 0.861. The van der Waals surface area contributed by atoms with E-state index in [4.69, 9.17) is 11.6 Å². The molecule has 21 heavy (non-hydrogen) atoms. The molecule has 0 saturated heterocycles. The zero-order valence-corrected chi connectivity index (χ0v) is 13.2. The third-order valence-corrected chi connectivity index (χ3v) is 5.80. The van der Waals surface area contributed by atoms with Crippen LogP contribution in [0.1, 0.15) is 23.8 Å². The Hall–Kier alpha value is -1.39. The van der Waals surface area contributed by atoms with Crippen LogP contribution in [-0.2, 0) is 0 Å². The summed E-state index contributed by atoms with van der Waals surface area (Å²) >= 11 is 8.28. The van der Waals surface area contributed by atoms with E-state index in [-0.39, 0.29) is 5.91 Å². The molecule has 1 unspecified atom stereocenters. The van der Waals surface area contributed by atoms with E-state index in [1.807, 2.05) is 40.9 Å². The second-order valence-electron chi connectivity index (χ2n) is 5.68. The summed E-state index contributed by atoms with van der Waals surface area (Å²) in [5, 5.41) is 2.10. The van der Waals surface area contributed by atoms with Gasteiger partial charge in [0.05, 0.1) is 11.6 Å². The number of fused-ring (bicyclic) bond motifs is 1. The van der Waals surface area contributed by atoms with E-state index in [0.717, 1.165) is 30.4 Å². The number of hydrogen-bond acceptors (Lipinski definition) is 2. The van der Waals surface area contributed by atoms with Crippen LogP contribution in [0.15, 0.2) is 34.7 Å². The minimum Gasteiger partial charge on any atom is -0.349 e. The zero-order valence-electron chi connectivity index (χ0n) is 11.6. The number of hydrogen-bond donors (Lipinski definition) is 1. The lowest BCUT2D eigenvalue weighted by molar-refractivity contribution is 0.0792. The van der Waals surface area contributed by atoms with E-state index in [1.165, 1.54) is 10.5 Å². The van der Waals surface area contributed by atoms with Crippen LogP contribution in [0.4, 0.5) is 0 Å². The fourth-order valence-corrected chi connectivity index (χ4v) is 4.75. The molecule has 3 heterocycles. The lowest BCUT2D eigenvalue weighted by atomic mass is 10.1. The van der Waals surface area contributed by atoms with Gasteiger partial charge in [0.2, 0.25) is 0 Å². The van der Waals surface area contributed by atoms with E-state index in [1.54, 1.807) is 0 Å². The molecule has 1 aromatic heterocycles. The molecule has 4 rings (SSSR count). The van der Waals surface area contributed by atoms with Crippen LogP contribution in [0.5, 0.6) is 0 Å². The number of para-hydroxylation sites is 1. The molecular weight excluding hydrogens is 304 g/mol. The highest BCUT2D eigenvalue weighted by Crippen LogP contribution is 2.42. The van der Waals surface area contributed by atoms with Gasteiger partial charge in [-0.05, 0) is 18.1 Å². The maximum Gasteiger partial charge on any atom is 0.272 e. The molecule has 108 valence electrons. The molecule has 0 saturated carbocycles. The van der Waals surface area contributed by atoms with Gasteiger partial charge in [-0.3, -0.25) is 4.79 Å². The number of benzene rings is 1. The number of carbonyl (C=O) groups is 1. The third-order valence-electron chi connectivity index (χ3n) is 4.13. The first kappa shape index (κ1) is 13.3. The fourth-order valence-electron chi connectivity index (χ4n) is 3.15. The molecule has 2 aliphatic heterocycles. The Morgan fingerprint density at radius 3 is 2.95 bits per heavy atom. The van der Waals surface area contributed by atoms with E-state index in [2.05, 4.69) is 11.9 Å². The van der Waals surface area contributed by atoms with Crippen molar-refractivity contribution in [2.45, 2.75) is 18.6 Å². The second-order valence-corrected chi connectivity index (χ2v) is 7.59. The van der Waals surface area contributed by atoms with Crippen LogP contribution in [0.25, 0.3) is 10.9 Å². The summed E-state index contributed by atoms with van der Waals surface area (Å²) in [4.78, 5) is 19.2. The molecular formula is C16H15ClN2OS. The van der Waals surface area contributed by atoms with Crippen molar-refractivity contribution in [1.82, 2.24) is 9.88 Å². The van der Waals surface area contributed by atoms with Gasteiger partial charge in [0.25, 0.3) is 5.91 Å². The largest absolute Gasteiger partial charge is 0.349 e. The molecule has 1 atom stereocenters. The average Bonchev–Trinajstić information content (AvgIpc) is 3.10. The summed E-state index contributed by atoms with van der Waals surface area (Å²) in [6, 6.07) is 7.75. The summed E-state index contributed by atoms with van der Waals surface area (Å²) in [5.41, 5.74) is 2.85. The van der Waals surface area contributed by atoms with Gasteiger partial charge in [0.15, 0.2) is 0 Å². The number of amides is 1.